The summed E-state index contributed by atoms with van der Waals surface area (Å²) < 4.78 is 0. The summed E-state index contributed by atoms with van der Waals surface area (Å²) in [5.41, 5.74) is 0. The van der Waals surface area contributed by atoms with E-state index in [1.54, 1.807) is 0 Å². The normalized spacial score (nSPS) is 26.6. The molecule has 6 heteroatoms. The number of carbonyl (C=O) groups is 2. The standard InChI is InChI=1S/C24H42N4O2.H2/c29-23(28-17-15-27(16-18-28)22-9-5-2-6-10-22)19-26-13-11-21(12-14-26)25-24(30)20-7-3-1-4-8-20;/h20-22H,1-19H2,(H,25,30);1H. The summed E-state index contributed by atoms with van der Waals surface area (Å²) in [5.74, 6) is 0.814. The second kappa shape index (κ2) is 10.9. The van der Waals surface area contributed by atoms with Gasteiger partial charge in [-0.2, -0.15) is 0 Å². The molecule has 1 N–H and O–H groups in total. The molecule has 0 radical (unpaired) electrons. The summed E-state index contributed by atoms with van der Waals surface area (Å²) in [6.45, 7) is 6.27. The molecule has 0 bridgehead atoms. The van der Waals surface area contributed by atoms with E-state index in [1.165, 1.54) is 51.4 Å². The zero-order valence-electron chi connectivity index (χ0n) is 18.8. The Kier molecular flexibility index (Phi) is 8.05. The smallest absolute Gasteiger partial charge is 0.236 e. The maximum absolute atomic E-state index is 12.8. The highest BCUT2D eigenvalue weighted by Crippen LogP contribution is 2.25. The summed E-state index contributed by atoms with van der Waals surface area (Å²) in [4.78, 5) is 32.3. The van der Waals surface area contributed by atoms with Crippen LogP contribution in [0.25, 0.3) is 0 Å². The van der Waals surface area contributed by atoms with E-state index in [1.807, 2.05) is 0 Å². The molecule has 4 aliphatic rings. The van der Waals surface area contributed by atoms with Crippen LogP contribution in [0.1, 0.15) is 78.5 Å². The third-order valence-electron chi connectivity index (χ3n) is 8.03. The molecule has 2 aliphatic carbocycles. The second-order valence-corrected chi connectivity index (χ2v) is 10.1. The lowest BCUT2D eigenvalue weighted by molar-refractivity contribution is -0.135. The molecule has 2 heterocycles. The molecule has 6 nitrogen and oxygen atoms in total. The zero-order chi connectivity index (χ0) is 20.8. The van der Waals surface area contributed by atoms with Crippen molar-refractivity contribution in [3.8, 4) is 0 Å². The van der Waals surface area contributed by atoms with Crippen LogP contribution in [0.15, 0.2) is 0 Å². The number of piperidine rings is 1. The first-order chi connectivity index (χ1) is 14.7. The lowest BCUT2D eigenvalue weighted by atomic mass is 9.88. The number of hydrogen-bond acceptors (Lipinski definition) is 4. The van der Waals surface area contributed by atoms with Crippen LogP contribution < -0.4 is 5.32 Å². The zero-order valence-corrected chi connectivity index (χ0v) is 18.8. The number of nitrogens with zero attached hydrogens (tertiary/aromatic N) is 3. The van der Waals surface area contributed by atoms with E-state index in [-0.39, 0.29) is 13.3 Å². The van der Waals surface area contributed by atoms with Crippen molar-refractivity contribution in [2.24, 2.45) is 5.92 Å². The molecular formula is C24H44N4O2. The van der Waals surface area contributed by atoms with Crippen molar-refractivity contribution in [2.75, 3.05) is 45.8 Å². The van der Waals surface area contributed by atoms with Crippen molar-refractivity contribution in [1.29, 1.82) is 0 Å². The highest BCUT2D eigenvalue weighted by molar-refractivity contribution is 5.79. The largest absolute Gasteiger partial charge is 0.353 e. The van der Waals surface area contributed by atoms with Crippen molar-refractivity contribution < 1.29 is 11.0 Å². The Bertz CT molecular complexity index is 562. The average molecular weight is 421 g/mol. The van der Waals surface area contributed by atoms with Crippen LogP contribution in [0.2, 0.25) is 0 Å². The summed E-state index contributed by atoms with van der Waals surface area (Å²) in [5, 5.41) is 3.30. The van der Waals surface area contributed by atoms with Gasteiger partial charge in [0.05, 0.1) is 6.54 Å². The van der Waals surface area contributed by atoms with Gasteiger partial charge in [-0.05, 0) is 38.5 Å². The lowest BCUT2D eigenvalue weighted by Crippen LogP contribution is -2.55. The maximum atomic E-state index is 12.8. The van der Waals surface area contributed by atoms with Gasteiger partial charge in [-0.1, -0.05) is 38.5 Å². The van der Waals surface area contributed by atoms with Crippen LogP contribution >= 0.6 is 0 Å². The topological polar surface area (TPSA) is 55.9 Å². The Balaban J connectivity index is 0.00000272. The molecule has 4 fully saturated rings. The third-order valence-corrected chi connectivity index (χ3v) is 8.03. The summed E-state index contributed by atoms with van der Waals surface area (Å²) >= 11 is 0. The van der Waals surface area contributed by atoms with Crippen LogP contribution in [-0.2, 0) is 9.59 Å². The van der Waals surface area contributed by atoms with Gasteiger partial charge in [0.25, 0.3) is 0 Å². The van der Waals surface area contributed by atoms with Crippen LogP contribution in [0.3, 0.4) is 0 Å². The predicted molar refractivity (Wildman–Crippen MR) is 121 cm³/mol. The Hall–Kier alpha value is -1.14. The number of likely N-dealkylation sites (tertiary alicyclic amines) is 1. The van der Waals surface area contributed by atoms with Gasteiger partial charge in [0.1, 0.15) is 0 Å². The molecule has 172 valence electrons. The van der Waals surface area contributed by atoms with Gasteiger partial charge in [0.2, 0.25) is 11.8 Å². The van der Waals surface area contributed by atoms with E-state index in [4.69, 9.17) is 0 Å². The highest BCUT2D eigenvalue weighted by atomic mass is 16.2. The number of hydrogen-bond donors (Lipinski definition) is 1. The fourth-order valence-electron chi connectivity index (χ4n) is 5.99. The molecule has 4 rings (SSSR count). The average Bonchev–Trinajstić information content (AvgIpc) is 2.81. The molecule has 2 amide bonds. The van der Waals surface area contributed by atoms with Gasteiger partial charge in [-0.15, -0.1) is 0 Å². The number of piperazine rings is 1. The first-order valence-corrected chi connectivity index (χ1v) is 12.7. The molecule has 30 heavy (non-hydrogen) atoms. The first-order valence-electron chi connectivity index (χ1n) is 12.7. The van der Waals surface area contributed by atoms with Crippen LogP contribution in [0.4, 0.5) is 0 Å². The quantitative estimate of drug-likeness (QED) is 0.743. The minimum atomic E-state index is 0. The summed E-state index contributed by atoms with van der Waals surface area (Å²) in [6, 6.07) is 1.06. The fourth-order valence-corrected chi connectivity index (χ4v) is 5.99. The van der Waals surface area contributed by atoms with E-state index >= 15 is 0 Å². The Morgan fingerprint density at radius 1 is 0.733 bits per heavy atom. The Morgan fingerprint density at radius 3 is 1.97 bits per heavy atom. The number of rotatable bonds is 5. The van der Waals surface area contributed by atoms with E-state index in [0.717, 1.165) is 71.0 Å². The summed E-state index contributed by atoms with van der Waals surface area (Å²) in [7, 11) is 0. The van der Waals surface area contributed by atoms with Gasteiger partial charge in [-0.3, -0.25) is 19.4 Å². The fraction of sp³-hybridized carbons (Fsp3) is 0.917. The molecule has 0 aromatic carbocycles. The maximum Gasteiger partial charge on any atom is 0.236 e. The van der Waals surface area contributed by atoms with Crippen molar-refractivity contribution in [3.63, 3.8) is 0 Å². The van der Waals surface area contributed by atoms with Gasteiger partial charge >= 0.3 is 0 Å². The predicted octanol–water partition coefficient (Wildman–Crippen LogP) is 2.87. The molecule has 0 spiro atoms. The SMILES string of the molecule is O=C(NC1CCN(CC(=O)N2CCN(C3CCCCC3)CC2)CC1)C1CCCCC1.[HH]. The molecule has 0 aromatic rings. The van der Waals surface area contributed by atoms with Crippen molar-refractivity contribution in [3.05, 3.63) is 0 Å². The van der Waals surface area contributed by atoms with Crippen LogP contribution in [-0.4, -0.2) is 84.4 Å². The molecule has 2 aliphatic heterocycles. The van der Waals surface area contributed by atoms with Crippen molar-refractivity contribution >= 4 is 11.8 Å². The van der Waals surface area contributed by atoms with Crippen LogP contribution in [0, 0.1) is 5.92 Å². The van der Waals surface area contributed by atoms with E-state index in [2.05, 4.69) is 20.0 Å². The highest BCUT2D eigenvalue weighted by Gasteiger charge is 2.29. The number of amides is 2. The molecule has 0 aromatic heterocycles. The molecule has 0 atom stereocenters. The van der Waals surface area contributed by atoms with Crippen molar-refractivity contribution in [2.45, 2.75) is 89.1 Å². The number of carbonyl (C=O) groups excluding carboxylic acids is 2. The third kappa shape index (κ3) is 5.97. The van der Waals surface area contributed by atoms with E-state index < -0.39 is 0 Å². The summed E-state index contributed by atoms with van der Waals surface area (Å²) in [6.07, 6.45) is 14.6. The van der Waals surface area contributed by atoms with Crippen LogP contribution in [0.5, 0.6) is 0 Å². The second-order valence-electron chi connectivity index (χ2n) is 10.1. The Labute approximate surface area is 184 Å². The van der Waals surface area contributed by atoms with E-state index in [9.17, 15) is 9.59 Å². The molecule has 2 saturated carbocycles. The molecular weight excluding hydrogens is 376 g/mol. The molecule has 0 unspecified atom stereocenters. The lowest BCUT2D eigenvalue weighted by Gasteiger charge is -2.41. The molecule has 2 saturated heterocycles. The van der Waals surface area contributed by atoms with Gasteiger partial charge in [-0.25, -0.2) is 0 Å². The van der Waals surface area contributed by atoms with Gasteiger partial charge in [0, 0.05) is 58.7 Å². The number of nitrogens with one attached hydrogen (secondary N) is 1. The van der Waals surface area contributed by atoms with Crippen molar-refractivity contribution in [1.82, 2.24) is 20.0 Å². The monoisotopic (exact) mass is 420 g/mol. The van der Waals surface area contributed by atoms with E-state index in [0.29, 0.717) is 18.5 Å². The van der Waals surface area contributed by atoms with Gasteiger partial charge < -0.3 is 10.2 Å². The minimum Gasteiger partial charge on any atom is -0.353 e. The van der Waals surface area contributed by atoms with Gasteiger partial charge in [0.15, 0.2) is 0 Å². The minimum absolute atomic E-state index is 0. The first kappa shape index (κ1) is 22.1. The Morgan fingerprint density at radius 2 is 1.33 bits per heavy atom.